The lowest BCUT2D eigenvalue weighted by molar-refractivity contribution is 0.255. The number of allylic oxidation sites excluding steroid dienone is 1. The lowest BCUT2D eigenvalue weighted by Gasteiger charge is -2.38. The van der Waals surface area contributed by atoms with Crippen LogP contribution in [0.3, 0.4) is 0 Å². The number of alkyl halides is 8. The lowest BCUT2D eigenvalue weighted by atomic mass is 9.69. The van der Waals surface area contributed by atoms with Crippen LogP contribution in [0.25, 0.3) is 0 Å². The van der Waals surface area contributed by atoms with E-state index in [1.165, 1.54) is 7.05 Å². The van der Waals surface area contributed by atoms with Crippen molar-refractivity contribution in [1.82, 2.24) is 0 Å². The molecule has 2 N–H and O–H groups in total. The molecule has 0 unspecified atom stereocenters. The SMILES string of the molecule is CN.ClC(Cl)=C(CCC(Cl)Cl)C(CCC(Cl)Cl)(CCC(Cl)Cl)CCC(Cl)Cl. The summed E-state index contributed by atoms with van der Waals surface area (Å²) in [6.07, 6.45) is 4.58. The van der Waals surface area contributed by atoms with Crippen molar-refractivity contribution < 1.29 is 0 Å². The van der Waals surface area contributed by atoms with Gasteiger partial charge in [0.1, 0.15) is 23.8 Å². The highest BCUT2D eigenvalue weighted by Gasteiger charge is 2.36. The summed E-state index contributed by atoms with van der Waals surface area (Å²) in [7, 11) is 1.50. The van der Waals surface area contributed by atoms with Crippen molar-refractivity contribution >= 4 is 116 Å². The molecule has 0 aromatic heterocycles. The normalized spacial score (nSPS) is 12.0. The molecular formula is C16H25Cl10N. The van der Waals surface area contributed by atoms with Crippen LogP contribution in [0, 0.1) is 5.41 Å². The number of hydrogen-bond donors (Lipinski definition) is 1. The summed E-state index contributed by atoms with van der Waals surface area (Å²) < 4.78 is 0.177. The molecule has 0 saturated carbocycles. The number of halogens is 10. The highest BCUT2D eigenvalue weighted by Crippen LogP contribution is 2.49. The summed E-state index contributed by atoms with van der Waals surface area (Å²) in [4.78, 5) is -2.09. The molecule has 0 aliphatic rings. The first-order valence-electron chi connectivity index (χ1n) is 8.25. The van der Waals surface area contributed by atoms with E-state index in [4.69, 9.17) is 116 Å². The molecule has 0 spiro atoms. The molecule has 0 saturated heterocycles. The van der Waals surface area contributed by atoms with Crippen LogP contribution in [-0.2, 0) is 0 Å². The fourth-order valence-electron chi connectivity index (χ4n) is 2.80. The molecule has 0 aliphatic heterocycles. The van der Waals surface area contributed by atoms with Crippen LogP contribution in [-0.4, -0.2) is 26.4 Å². The number of nitrogens with two attached hydrogens (primary N) is 1. The van der Waals surface area contributed by atoms with Crippen molar-refractivity contribution in [3.05, 3.63) is 10.1 Å². The number of rotatable bonds is 13. The second-order valence-electron chi connectivity index (χ2n) is 5.74. The van der Waals surface area contributed by atoms with Crippen LogP contribution in [0.1, 0.15) is 51.4 Å². The minimum atomic E-state index is -0.531. The predicted molar refractivity (Wildman–Crippen MR) is 130 cm³/mol. The van der Waals surface area contributed by atoms with Crippen LogP contribution >= 0.6 is 116 Å². The van der Waals surface area contributed by atoms with Crippen LogP contribution in [0.2, 0.25) is 0 Å². The Kier molecular flexibility index (Phi) is 21.4. The molecule has 1 nitrogen and oxygen atoms in total. The Balaban J connectivity index is 0. The number of hydrogen-bond acceptors (Lipinski definition) is 1. The summed E-state index contributed by atoms with van der Waals surface area (Å²) in [6, 6.07) is 0. The maximum Gasteiger partial charge on any atom is 0.108 e. The van der Waals surface area contributed by atoms with Crippen molar-refractivity contribution in [3.63, 3.8) is 0 Å². The molecule has 0 radical (unpaired) electrons. The maximum absolute atomic E-state index is 6.22. The first-order valence-corrected chi connectivity index (χ1v) is 12.5. The third-order valence-electron chi connectivity index (χ3n) is 4.00. The Morgan fingerprint density at radius 1 is 0.630 bits per heavy atom. The molecule has 0 bridgehead atoms. The van der Waals surface area contributed by atoms with Gasteiger partial charge in [0.15, 0.2) is 0 Å². The van der Waals surface area contributed by atoms with E-state index < -0.39 is 24.8 Å². The zero-order valence-electron chi connectivity index (χ0n) is 14.8. The molecule has 0 fully saturated rings. The molecule has 0 aromatic carbocycles. The average Bonchev–Trinajstić information content (AvgIpc) is 2.56. The van der Waals surface area contributed by atoms with Crippen molar-refractivity contribution in [2.24, 2.45) is 11.1 Å². The van der Waals surface area contributed by atoms with Crippen LogP contribution in [0.4, 0.5) is 0 Å². The molecule has 164 valence electrons. The summed E-state index contributed by atoms with van der Waals surface area (Å²) in [5.74, 6) is 0. The van der Waals surface area contributed by atoms with Crippen molar-refractivity contribution in [1.29, 1.82) is 0 Å². The summed E-state index contributed by atoms with van der Waals surface area (Å²) in [5.41, 5.74) is 4.90. The smallest absolute Gasteiger partial charge is 0.108 e. The van der Waals surface area contributed by atoms with Crippen molar-refractivity contribution in [2.75, 3.05) is 7.05 Å². The van der Waals surface area contributed by atoms with Crippen LogP contribution in [0.5, 0.6) is 0 Å². The van der Waals surface area contributed by atoms with Crippen LogP contribution < -0.4 is 5.73 Å². The molecule has 0 aromatic rings. The first-order chi connectivity index (χ1) is 12.5. The van der Waals surface area contributed by atoms with E-state index in [0.717, 1.165) is 5.57 Å². The fraction of sp³-hybridized carbons (Fsp3) is 0.875. The minimum Gasteiger partial charge on any atom is -0.333 e. The summed E-state index contributed by atoms with van der Waals surface area (Å²) in [6.45, 7) is 0. The zero-order chi connectivity index (χ0) is 21.6. The van der Waals surface area contributed by atoms with Gasteiger partial charge in [-0.1, -0.05) is 23.2 Å². The van der Waals surface area contributed by atoms with E-state index in [1.54, 1.807) is 0 Å². The van der Waals surface area contributed by atoms with Gasteiger partial charge < -0.3 is 5.73 Å². The largest absolute Gasteiger partial charge is 0.333 e. The molecule has 0 rings (SSSR count). The van der Waals surface area contributed by atoms with Crippen molar-refractivity contribution in [3.8, 4) is 0 Å². The van der Waals surface area contributed by atoms with Gasteiger partial charge >= 0.3 is 0 Å². The lowest BCUT2D eigenvalue weighted by Crippen LogP contribution is -2.27. The Labute approximate surface area is 213 Å². The molecule has 0 aliphatic carbocycles. The van der Waals surface area contributed by atoms with Gasteiger partial charge in [-0.2, -0.15) is 0 Å². The molecule has 27 heavy (non-hydrogen) atoms. The summed E-state index contributed by atoms with van der Waals surface area (Å²) in [5, 5.41) is 0. The highest BCUT2D eigenvalue weighted by molar-refractivity contribution is 6.56. The van der Waals surface area contributed by atoms with E-state index in [1.807, 2.05) is 0 Å². The van der Waals surface area contributed by atoms with Gasteiger partial charge in [0.2, 0.25) is 0 Å². The van der Waals surface area contributed by atoms with Crippen LogP contribution in [0.15, 0.2) is 10.1 Å². The summed E-state index contributed by atoms with van der Waals surface area (Å²) >= 11 is 60.0. The molecule has 11 heteroatoms. The third-order valence-corrected chi connectivity index (χ3v) is 6.21. The fourth-order valence-corrected chi connectivity index (χ4v) is 4.26. The van der Waals surface area contributed by atoms with Gasteiger partial charge in [-0.05, 0) is 69.4 Å². The quantitative estimate of drug-likeness (QED) is 0.214. The van der Waals surface area contributed by atoms with Gasteiger partial charge in [-0.25, -0.2) is 0 Å². The minimum absolute atomic E-state index is 0.177. The highest BCUT2D eigenvalue weighted by atomic mass is 35.5. The van der Waals surface area contributed by atoms with Gasteiger partial charge in [0, 0.05) is 0 Å². The van der Waals surface area contributed by atoms with Gasteiger partial charge in [0.25, 0.3) is 0 Å². The molecule has 0 amide bonds. The molecule has 0 heterocycles. The van der Waals surface area contributed by atoms with Gasteiger partial charge in [-0.3, -0.25) is 0 Å². The third kappa shape index (κ3) is 16.0. The molecule has 0 atom stereocenters. The monoisotopic (exact) mass is 581 g/mol. The Morgan fingerprint density at radius 3 is 1.15 bits per heavy atom. The second-order valence-corrected chi connectivity index (χ2v) is 11.8. The standard InChI is InChI=1S/C15H20Cl10.CH5N/c16-10(17)2-1-9(14(24)25)15(6-3-11(18)19,7-4-12(20)21)8-5-13(22)23;1-2/h10-13H,1-8H2;2H2,1H3. The van der Waals surface area contributed by atoms with E-state index in [-0.39, 0.29) is 4.49 Å². The molecular weight excluding hydrogens is 561 g/mol. The van der Waals surface area contributed by atoms with E-state index in [0.29, 0.717) is 51.4 Å². The predicted octanol–water partition coefficient (Wildman–Crippen LogP) is 9.57. The van der Waals surface area contributed by atoms with Crippen molar-refractivity contribution in [2.45, 2.75) is 70.7 Å². The topological polar surface area (TPSA) is 26.0 Å². The average molecular weight is 586 g/mol. The Bertz CT molecular complexity index is 363. The first kappa shape index (κ1) is 31.8. The Morgan fingerprint density at radius 2 is 0.926 bits per heavy atom. The van der Waals surface area contributed by atoms with E-state index in [2.05, 4.69) is 5.73 Å². The van der Waals surface area contributed by atoms with E-state index >= 15 is 0 Å². The Hall–Kier alpha value is 2.60. The second kappa shape index (κ2) is 18.2. The zero-order valence-corrected chi connectivity index (χ0v) is 22.4. The van der Waals surface area contributed by atoms with Gasteiger partial charge in [-0.15, -0.1) is 92.8 Å². The maximum atomic E-state index is 6.22. The van der Waals surface area contributed by atoms with E-state index in [9.17, 15) is 0 Å². The van der Waals surface area contributed by atoms with Gasteiger partial charge in [0.05, 0.1) is 0 Å².